The van der Waals surface area contributed by atoms with E-state index in [1.54, 1.807) is 0 Å². The maximum atomic E-state index is 12.6. The third-order valence-electron chi connectivity index (χ3n) is 4.48. The zero-order valence-electron chi connectivity index (χ0n) is 16.0. The number of anilines is 2. The van der Waals surface area contributed by atoms with Crippen LogP contribution in [0.4, 0.5) is 11.4 Å². The molecule has 0 aromatic heterocycles. The maximum absolute atomic E-state index is 12.6. The van der Waals surface area contributed by atoms with Crippen molar-refractivity contribution < 1.29 is 22.7 Å². The number of hydrogen-bond donors (Lipinski definition) is 2. The van der Waals surface area contributed by atoms with Crippen LogP contribution < -0.4 is 15.4 Å². The third-order valence-corrected chi connectivity index (χ3v) is 6.20. The number of carbonyl (C=O) groups is 2. The van der Waals surface area contributed by atoms with Gasteiger partial charge in [0, 0.05) is 18.2 Å². The molecule has 0 spiro atoms. The predicted molar refractivity (Wildman–Crippen MR) is 107 cm³/mol. The Morgan fingerprint density at radius 1 is 1.14 bits per heavy atom. The molecule has 0 radical (unpaired) electrons. The molecule has 1 heterocycles. The van der Waals surface area contributed by atoms with E-state index in [0.717, 1.165) is 16.7 Å². The SMILES string of the molecule is Cc1cc(C)c(NC(=O)CCS(=O)(=O)c2ccc3c(c2)OCC(=O)N3)c(C)c1. The van der Waals surface area contributed by atoms with Crippen molar-refractivity contribution in [2.45, 2.75) is 32.1 Å². The quantitative estimate of drug-likeness (QED) is 0.801. The number of fused-ring (bicyclic) bond motifs is 1. The van der Waals surface area contributed by atoms with Crippen molar-refractivity contribution in [2.75, 3.05) is 23.0 Å². The Bertz CT molecular complexity index is 1040. The highest BCUT2D eigenvalue weighted by Gasteiger charge is 2.22. The van der Waals surface area contributed by atoms with Crippen molar-refractivity contribution in [3.05, 3.63) is 47.0 Å². The van der Waals surface area contributed by atoms with Gasteiger partial charge in [-0.15, -0.1) is 0 Å². The molecule has 0 fully saturated rings. The number of sulfone groups is 1. The number of carbonyl (C=O) groups excluding carboxylic acids is 2. The van der Waals surface area contributed by atoms with Gasteiger partial charge in [-0.05, 0) is 44.0 Å². The molecule has 3 rings (SSSR count). The molecular formula is C20H22N2O5S. The highest BCUT2D eigenvalue weighted by Crippen LogP contribution is 2.30. The summed E-state index contributed by atoms with van der Waals surface area (Å²) < 4.78 is 30.4. The molecule has 0 saturated heterocycles. The van der Waals surface area contributed by atoms with E-state index in [2.05, 4.69) is 10.6 Å². The number of amides is 2. The van der Waals surface area contributed by atoms with Gasteiger partial charge in [-0.3, -0.25) is 9.59 Å². The molecule has 7 nitrogen and oxygen atoms in total. The Kier molecular flexibility index (Phi) is 5.42. The standard InChI is InChI=1S/C20H22N2O5S/c1-12-8-13(2)20(14(3)9-12)22-18(23)6-7-28(25,26)15-4-5-16-17(10-15)27-11-19(24)21-16/h4-5,8-10H,6-7,11H2,1-3H3,(H,21,24)(H,22,23). The number of nitrogens with one attached hydrogen (secondary N) is 2. The van der Waals surface area contributed by atoms with Gasteiger partial charge in [-0.25, -0.2) is 8.42 Å². The summed E-state index contributed by atoms with van der Waals surface area (Å²) in [5.74, 6) is -0.675. The molecule has 28 heavy (non-hydrogen) atoms. The van der Waals surface area contributed by atoms with Crippen LogP contribution in [0.25, 0.3) is 0 Å². The van der Waals surface area contributed by atoms with Crippen LogP contribution in [0.3, 0.4) is 0 Å². The van der Waals surface area contributed by atoms with Gasteiger partial charge in [0.2, 0.25) is 5.91 Å². The van der Waals surface area contributed by atoms with Crippen molar-refractivity contribution in [2.24, 2.45) is 0 Å². The summed E-state index contributed by atoms with van der Waals surface area (Å²) in [6, 6.07) is 8.18. The Balaban J connectivity index is 1.68. The molecule has 2 N–H and O–H groups in total. The molecule has 0 bridgehead atoms. The Hall–Kier alpha value is -2.87. The zero-order chi connectivity index (χ0) is 20.5. The van der Waals surface area contributed by atoms with Crippen LogP contribution in [0.2, 0.25) is 0 Å². The first-order valence-electron chi connectivity index (χ1n) is 8.83. The van der Waals surface area contributed by atoms with Crippen LogP contribution in [0.1, 0.15) is 23.1 Å². The van der Waals surface area contributed by atoms with E-state index in [4.69, 9.17) is 4.74 Å². The lowest BCUT2D eigenvalue weighted by Crippen LogP contribution is -2.25. The summed E-state index contributed by atoms with van der Waals surface area (Å²) in [6.45, 7) is 5.62. The van der Waals surface area contributed by atoms with E-state index in [1.165, 1.54) is 18.2 Å². The number of hydrogen-bond acceptors (Lipinski definition) is 5. The molecule has 8 heteroatoms. The number of benzene rings is 2. The molecule has 0 saturated carbocycles. The van der Waals surface area contributed by atoms with Crippen LogP contribution in [-0.4, -0.2) is 32.6 Å². The summed E-state index contributed by atoms with van der Waals surface area (Å²) >= 11 is 0. The van der Waals surface area contributed by atoms with Gasteiger partial charge in [-0.2, -0.15) is 0 Å². The van der Waals surface area contributed by atoms with Crippen LogP contribution in [0, 0.1) is 20.8 Å². The van der Waals surface area contributed by atoms with Gasteiger partial charge in [0.1, 0.15) is 5.75 Å². The van der Waals surface area contributed by atoms with Gasteiger partial charge in [-0.1, -0.05) is 17.7 Å². The molecule has 0 unspecified atom stereocenters. The fourth-order valence-electron chi connectivity index (χ4n) is 3.17. The molecule has 2 amide bonds. The molecule has 0 atom stereocenters. The Labute approximate surface area is 164 Å². The van der Waals surface area contributed by atoms with E-state index in [9.17, 15) is 18.0 Å². The summed E-state index contributed by atoms with van der Waals surface area (Å²) in [6.07, 6.45) is -0.163. The second-order valence-electron chi connectivity index (χ2n) is 6.89. The van der Waals surface area contributed by atoms with Crippen molar-refractivity contribution in [1.82, 2.24) is 0 Å². The third kappa shape index (κ3) is 4.33. The first kappa shape index (κ1) is 19.9. The molecule has 2 aromatic carbocycles. The lowest BCUT2D eigenvalue weighted by atomic mass is 10.1. The molecule has 1 aliphatic rings. The lowest BCUT2D eigenvalue weighted by Gasteiger charge is -2.18. The number of aryl methyl sites for hydroxylation is 3. The monoisotopic (exact) mass is 402 g/mol. The summed E-state index contributed by atoms with van der Waals surface area (Å²) in [4.78, 5) is 23.7. The fraction of sp³-hybridized carbons (Fsp3) is 0.300. The second-order valence-corrected chi connectivity index (χ2v) is 8.99. The average molecular weight is 402 g/mol. The van der Waals surface area contributed by atoms with E-state index < -0.39 is 9.84 Å². The zero-order valence-corrected chi connectivity index (χ0v) is 16.8. The minimum atomic E-state index is -3.68. The average Bonchev–Trinajstić information content (AvgIpc) is 2.62. The van der Waals surface area contributed by atoms with Crippen molar-refractivity contribution in [3.63, 3.8) is 0 Å². The van der Waals surface area contributed by atoms with Crippen LogP contribution in [-0.2, 0) is 19.4 Å². The summed E-state index contributed by atoms with van der Waals surface area (Å²) in [5, 5.41) is 5.42. The predicted octanol–water partition coefficient (Wildman–Crippen LogP) is 2.75. The highest BCUT2D eigenvalue weighted by molar-refractivity contribution is 7.91. The van der Waals surface area contributed by atoms with Gasteiger partial charge in [0.05, 0.1) is 16.3 Å². The first-order valence-corrected chi connectivity index (χ1v) is 10.5. The smallest absolute Gasteiger partial charge is 0.262 e. The number of ether oxygens (including phenoxy) is 1. The van der Waals surface area contributed by atoms with Crippen LogP contribution >= 0.6 is 0 Å². The van der Waals surface area contributed by atoms with Gasteiger partial charge in [0.25, 0.3) is 5.91 Å². The minimum absolute atomic E-state index is 0.0536. The van der Waals surface area contributed by atoms with E-state index >= 15 is 0 Å². The van der Waals surface area contributed by atoms with Crippen LogP contribution in [0.15, 0.2) is 35.2 Å². The molecule has 148 valence electrons. The van der Waals surface area contributed by atoms with Gasteiger partial charge >= 0.3 is 0 Å². The van der Waals surface area contributed by atoms with Crippen LogP contribution in [0.5, 0.6) is 5.75 Å². The molecule has 0 aliphatic carbocycles. The normalized spacial score (nSPS) is 13.3. The Morgan fingerprint density at radius 2 is 1.82 bits per heavy atom. The summed E-state index contributed by atoms with van der Waals surface area (Å²) in [7, 11) is -3.68. The largest absolute Gasteiger partial charge is 0.482 e. The fourth-order valence-corrected chi connectivity index (χ4v) is 4.42. The number of rotatable bonds is 5. The summed E-state index contributed by atoms with van der Waals surface area (Å²) in [5.41, 5.74) is 4.11. The van der Waals surface area contributed by atoms with Gasteiger partial charge < -0.3 is 15.4 Å². The van der Waals surface area contributed by atoms with E-state index in [0.29, 0.717) is 17.1 Å². The topological polar surface area (TPSA) is 102 Å². The van der Waals surface area contributed by atoms with Crippen molar-refractivity contribution >= 4 is 33.0 Å². The van der Waals surface area contributed by atoms with E-state index in [-0.39, 0.29) is 35.5 Å². The first-order chi connectivity index (χ1) is 13.2. The van der Waals surface area contributed by atoms with E-state index in [1.807, 2.05) is 32.9 Å². The molecule has 2 aromatic rings. The lowest BCUT2D eigenvalue weighted by molar-refractivity contribution is -0.118. The van der Waals surface area contributed by atoms with Crippen molar-refractivity contribution in [3.8, 4) is 5.75 Å². The molecular weight excluding hydrogens is 380 g/mol. The second kappa shape index (κ2) is 7.63. The Morgan fingerprint density at radius 3 is 2.50 bits per heavy atom. The highest BCUT2D eigenvalue weighted by atomic mass is 32.2. The van der Waals surface area contributed by atoms with Crippen molar-refractivity contribution in [1.29, 1.82) is 0 Å². The molecule has 1 aliphatic heterocycles. The van der Waals surface area contributed by atoms with Gasteiger partial charge in [0.15, 0.2) is 16.4 Å². The maximum Gasteiger partial charge on any atom is 0.262 e. The minimum Gasteiger partial charge on any atom is -0.482 e.